The second-order valence-electron chi connectivity index (χ2n) is 6.02. The van der Waals surface area contributed by atoms with E-state index >= 15 is 0 Å². The molecule has 7 nitrogen and oxygen atoms in total. The van der Waals surface area contributed by atoms with E-state index < -0.39 is 4.92 Å². The molecule has 0 atom stereocenters. The van der Waals surface area contributed by atoms with Crippen molar-refractivity contribution < 1.29 is 9.72 Å². The van der Waals surface area contributed by atoms with Crippen molar-refractivity contribution in [2.75, 3.05) is 18.0 Å². The second-order valence-corrected chi connectivity index (χ2v) is 7.05. The predicted octanol–water partition coefficient (Wildman–Crippen LogP) is 4.33. The van der Waals surface area contributed by atoms with Gasteiger partial charge in [0.2, 0.25) is 0 Å². The molecule has 144 valence electrons. The summed E-state index contributed by atoms with van der Waals surface area (Å²) in [4.78, 5) is 29.8. The van der Waals surface area contributed by atoms with Gasteiger partial charge in [-0.2, -0.15) is 0 Å². The highest BCUT2D eigenvalue weighted by Gasteiger charge is 2.24. The van der Waals surface area contributed by atoms with Crippen LogP contribution in [0.25, 0.3) is 6.08 Å². The van der Waals surface area contributed by atoms with Crippen molar-refractivity contribution in [1.29, 1.82) is 0 Å². The first-order valence-corrected chi connectivity index (χ1v) is 9.71. The highest BCUT2D eigenvalue weighted by molar-refractivity contribution is 8.18. The molecule has 2 aromatic rings. The maximum absolute atomic E-state index is 12.2. The molecule has 0 bridgehead atoms. The van der Waals surface area contributed by atoms with Gasteiger partial charge in [-0.1, -0.05) is 12.1 Å². The van der Waals surface area contributed by atoms with E-state index in [1.54, 1.807) is 18.2 Å². The number of amides is 1. The highest BCUT2D eigenvalue weighted by atomic mass is 32.2. The van der Waals surface area contributed by atoms with Gasteiger partial charge in [-0.15, -0.1) is 0 Å². The van der Waals surface area contributed by atoms with Gasteiger partial charge in [-0.3, -0.25) is 14.9 Å². The molecule has 8 heteroatoms. The van der Waals surface area contributed by atoms with Crippen LogP contribution in [0, 0.1) is 10.1 Å². The van der Waals surface area contributed by atoms with Crippen LogP contribution in [0.4, 0.5) is 17.1 Å². The van der Waals surface area contributed by atoms with E-state index in [9.17, 15) is 14.9 Å². The Morgan fingerprint density at radius 1 is 1.18 bits per heavy atom. The number of carbonyl (C=O) groups excluding carboxylic acids is 1. The lowest BCUT2D eigenvalue weighted by Gasteiger charge is -2.20. The summed E-state index contributed by atoms with van der Waals surface area (Å²) < 4.78 is 0. The Kier molecular flexibility index (Phi) is 6.10. The summed E-state index contributed by atoms with van der Waals surface area (Å²) >= 11 is 1.21. The Labute approximate surface area is 167 Å². The third kappa shape index (κ3) is 4.58. The number of nitro groups is 1. The van der Waals surface area contributed by atoms with E-state index in [4.69, 9.17) is 0 Å². The van der Waals surface area contributed by atoms with Crippen molar-refractivity contribution >= 4 is 46.0 Å². The lowest BCUT2D eigenvalue weighted by molar-refractivity contribution is -0.384. The molecule has 1 N–H and O–H groups in total. The van der Waals surface area contributed by atoms with Gasteiger partial charge >= 0.3 is 0 Å². The standard InChI is InChI=1S/C20H20N4O3S/c1-3-23(4-2)16-10-8-15(9-11-16)21-20-22-19(25)18(28-20)13-14-6-5-7-17(12-14)24(26)27/h5-13H,3-4H2,1-2H3,(H,21,22,25)/b18-13-. The van der Waals surface area contributed by atoms with Crippen molar-refractivity contribution in [3.05, 3.63) is 69.1 Å². The van der Waals surface area contributed by atoms with Gasteiger partial charge in [0.15, 0.2) is 5.17 Å². The summed E-state index contributed by atoms with van der Waals surface area (Å²) in [5, 5.41) is 14.1. The zero-order chi connectivity index (χ0) is 20.1. The fourth-order valence-corrected chi connectivity index (χ4v) is 3.65. The normalized spacial score (nSPS) is 16.4. The Morgan fingerprint density at radius 3 is 2.54 bits per heavy atom. The zero-order valence-corrected chi connectivity index (χ0v) is 16.4. The minimum atomic E-state index is -0.460. The molecule has 1 saturated heterocycles. The summed E-state index contributed by atoms with van der Waals surface area (Å²) in [7, 11) is 0. The molecule has 1 aliphatic heterocycles. The fourth-order valence-electron chi connectivity index (χ4n) is 2.80. The number of nitrogens with one attached hydrogen (secondary N) is 1. The molecule has 1 fully saturated rings. The molecule has 1 heterocycles. The van der Waals surface area contributed by atoms with Gasteiger partial charge in [0.25, 0.3) is 11.6 Å². The number of aliphatic imine (C=N–C) groups is 1. The first kappa shape index (κ1) is 19.6. The zero-order valence-electron chi connectivity index (χ0n) is 15.6. The number of carbonyl (C=O) groups is 1. The van der Waals surface area contributed by atoms with E-state index in [1.807, 2.05) is 24.3 Å². The predicted molar refractivity (Wildman–Crippen MR) is 114 cm³/mol. The van der Waals surface area contributed by atoms with Crippen LogP contribution in [0.3, 0.4) is 0 Å². The number of hydrogen-bond donors (Lipinski definition) is 1. The third-order valence-corrected chi connectivity index (χ3v) is 5.15. The summed E-state index contributed by atoms with van der Waals surface area (Å²) in [6, 6.07) is 14.0. The van der Waals surface area contributed by atoms with Crippen LogP contribution in [0.1, 0.15) is 19.4 Å². The van der Waals surface area contributed by atoms with Crippen molar-refractivity contribution in [3.63, 3.8) is 0 Å². The number of non-ortho nitro benzene ring substituents is 1. The average Bonchev–Trinajstić information content (AvgIpc) is 3.03. The first-order valence-electron chi connectivity index (χ1n) is 8.89. The highest BCUT2D eigenvalue weighted by Crippen LogP contribution is 2.29. The third-order valence-electron chi connectivity index (χ3n) is 4.24. The molecule has 0 aliphatic carbocycles. The number of anilines is 1. The molecule has 0 aromatic heterocycles. The molecule has 0 radical (unpaired) electrons. The maximum Gasteiger partial charge on any atom is 0.270 e. The summed E-state index contributed by atoms with van der Waals surface area (Å²) in [5.74, 6) is -0.269. The van der Waals surface area contributed by atoms with Crippen LogP contribution in [0.5, 0.6) is 0 Å². The second kappa shape index (κ2) is 8.71. The van der Waals surface area contributed by atoms with Crippen molar-refractivity contribution in [2.45, 2.75) is 13.8 Å². The molecule has 0 unspecified atom stereocenters. The number of rotatable bonds is 6. The van der Waals surface area contributed by atoms with E-state index in [1.165, 1.54) is 23.9 Å². The largest absolute Gasteiger partial charge is 0.372 e. The number of nitrogens with zero attached hydrogens (tertiary/aromatic N) is 3. The minimum Gasteiger partial charge on any atom is -0.372 e. The smallest absolute Gasteiger partial charge is 0.270 e. The van der Waals surface area contributed by atoms with Gasteiger partial charge < -0.3 is 10.2 Å². The number of benzene rings is 2. The van der Waals surface area contributed by atoms with Gasteiger partial charge in [0.1, 0.15) is 0 Å². The number of hydrogen-bond acceptors (Lipinski definition) is 6. The lowest BCUT2D eigenvalue weighted by Crippen LogP contribution is -2.21. The van der Waals surface area contributed by atoms with E-state index in [0.717, 1.165) is 24.5 Å². The average molecular weight is 396 g/mol. The van der Waals surface area contributed by atoms with Gasteiger partial charge in [0, 0.05) is 30.9 Å². The molecule has 1 amide bonds. The Hall–Kier alpha value is -3.13. The molecule has 2 aromatic carbocycles. The van der Waals surface area contributed by atoms with E-state index in [-0.39, 0.29) is 11.6 Å². The first-order chi connectivity index (χ1) is 13.5. The topological polar surface area (TPSA) is 87.8 Å². The van der Waals surface area contributed by atoms with Crippen molar-refractivity contribution in [2.24, 2.45) is 4.99 Å². The van der Waals surface area contributed by atoms with Gasteiger partial charge in [0.05, 0.1) is 15.5 Å². The van der Waals surface area contributed by atoms with Crippen LogP contribution in [-0.4, -0.2) is 29.1 Å². The van der Waals surface area contributed by atoms with Gasteiger partial charge in [-0.05, 0) is 61.5 Å². The van der Waals surface area contributed by atoms with Crippen molar-refractivity contribution in [3.8, 4) is 0 Å². The molecule has 28 heavy (non-hydrogen) atoms. The van der Waals surface area contributed by atoms with Crippen molar-refractivity contribution in [1.82, 2.24) is 5.32 Å². The lowest BCUT2D eigenvalue weighted by atomic mass is 10.2. The SMILES string of the molecule is CCN(CC)c1ccc(N=C2NC(=O)/C(=C/c3cccc([N+](=O)[O-])c3)S2)cc1. The number of thioether (sulfide) groups is 1. The van der Waals surface area contributed by atoms with E-state index in [0.29, 0.717) is 15.6 Å². The van der Waals surface area contributed by atoms with E-state index in [2.05, 4.69) is 29.1 Å². The molecular formula is C20H20N4O3S. The monoisotopic (exact) mass is 396 g/mol. The Bertz CT molecular complexity index is 950. The molecule has 0 spiro atoms. The van der Waals surface area contributed by atoms with Crippen LogP contribution < -0.4 is 10.2 Å². The molecule has 1 aliphatic rings. The van der Waals surface area contributed by atoms with Crippen LogP contribution in [0.15, 0.2) is 58.4 Å². The Balaban J connectivity index is 1.77. The number of amidine groups is 1. The van der Waals surface area contributed by atoms with Crippen LogP contribution in [0.2, 0.25) is 0 Å². The fraction of sp³-hybridized carbons (Fsp3) is 0.200. The summed E-state index contributed by atoms with van der Waals surface area (Å²) in [5.41, 5.74) is 2.45. The summed E-state index contributed by atoms with van der Waals surface area (Å²) in [6.07, 6.45) is 1.62. The molecule has 3 rings (SSSR count). The van der Waals surface area contributed by atoms with Gasteiger partial charge in [-0.25, -0.2) is 4.99 Å². The summed E-state index contributed by atoms with van der Waals surface area (Å²) in [6.45, 7) is 6.08. The minimum absolute atomic E-state index is 0.0139. The molecular weight excluding hydrogens is 376 g/mol. The van der Waals surface area contributed by atoms with Crippen LogP contribution >= 0.6 is 11.8 Å². The van der Waals surface area contributed by atoms with Crippen LogP contribution in [-0.2, 0) is 4.79 Å². The Morgan fingerprint density at radius 2 is 1.89 bits per heavy atom. The quantitative estimate of drug-likeness (QED) is 0.446. The molecule has 0 saturated carbocycles. The number of nitro benzene ring substituents is 1. The maximum atomic E-state index is 12.2.